The molecule has 1 heterocycles. The highest BCUT2D eigenvalue weighted by atomic mass is 16.7. The highest BCUT2D eigenvalue weighted by molar-refractivity contribution is 5.76. The Labute approximate surface area is 427 Å². The maximum atomic E-state index is 13.0. The van der Waals surface area contributed by atoms with E-state index >= 15 is 0 Å². The van der Waals surface area contributed by atoms with Gasteiger partial charge in [0.05, 0.1) is 32.0 Å². The van der Waals surface area contributed by atoms with Crippen molar-refractivity contribution in [3.8, 4) is 0 Å². The average Bonchev–Trinajstić information content (AvgIpc) is 3.36. The minimum Gasteiger partial charge on any atom is -0.466 e. The Morgan fingerprint density at radius 1 is 0.529 bits per heavy atom. The van der Waals surface area contributed by atoms with Gasteiger partial charge in [-0.05, 0) is 89.9 Å². The number of carbonyl (C=O) groups is 2. The van der Waals surface area contributed by atoms with Crippen molar-refractivity contribution in [2.45, 2.75) is 294 Å². The Kier molecular flexibility index (Phi) is 45.8. The Bertz CT molecular complexity index is 1300. The highest BCUT2D eigenvalue weighted by Crippen LogP contribution is 2.23. The third-order valence-corrected chi connectivity index (χ3v) is 13.4. The lowest BCUT2D eigenvalue weighted by Crippen LogP contribution is -2.60. The van der Waals surface area contributed by atoms with E-state index in [1.54, 1.807) is 6.08 Å². The van der Waals surface area contributed by atoms with Crippen LogP contribution in [0.4, 0.5) is 0 Å². The molecule has 0 radical (unpaired) electrons. The number of rotatable bonds is 49. The second kappa shape index (κ2) is 48.9. The molecule has 1 fully saturated rings. The van der Waals surface area contributed by atoms with Crippen molar-refractivity contribution in [3.63, 3.8) is 0 Å². The summed E-state index contributed by atoms with van der Waals surface area (Å²) in [6.07, 6.45) is 50.5. The van der Waals surface area contributed by atoms with E-state index in [2.05, 4.69) is 55.6 Å². The standard InChI is InChI=1S/C59H107NO10/c1-3-5-7-9-11-13-15-27-31-35-39-43-47-55(64)68-48-44-40-36-32-28-24-22-20-18-16-17-19-21-23-26-30-34-38-42-46-54(63)60-51(50-69-59-58(67)57(66)56(65)53(49-61)70-59)52(62)45-41-37-33-29-25-14-12-10-8-6-4-2/h11,13,20,22,24,28,41,45,51-53,56-59,61-62,65-67H,3-10,12,14-19,21,23,25-27,29-40,42-44,46-50H2,1-2H3,(H,60,63)/b13-11-,22-20-,28-24-,45-41+. The summed E-state index contributed by atoms with van der Waals surface area (Å²) in [5.41, 5.74) is 0. The molecule has 6 N–H and O–H groups in total. The summed E-state index contributed by atoms with van der Waals surface area (Å²) >= 11 is 0. The smallest absolute Gasteiger partial charge is 0.305 e. The number of hydrogen-bond acceptors (Lipinski definition) is 10. The lowest BCUT2D eigenvalue weighted by molar-refractivity contribution is -0.302. The largest absolute Gasteiger partial charge is 0.466 e. The van der Waals surface area contributed by atoms with Crippen molar-refractivity contribution in [3.05, 3.63) is 48.6 Å². The lowest BCUT2D eigenvalue weighted by Gasteiger charge is -2.40. The molecule has 1 rings (SSSR count). The summed E-state index contributed by atoms with van der Waals surface area (Å²) in [7, 11) is 0. The van der Waals surface area contributed by atoms with Crippen molar-refractivity contribution in [2.75, 3.05) is 19.8 Å². The minimum atomic E-state index is -1.57. The first-order valence-electron chi connectivity index (χ1n) is 28.9. The van der Waals surface area contributed by atoms with Gasteiger partial charge >= 0.3 is 5.97 Å². The zero-order valence-electron chi connectivity index (χ0n) is 44.7. The summed E-state index contributed by atoms with van der Waals surface area (Å²) < 4.78 is 16.6. The van der Waals surface area contributed by atoms with Gasteiger partial charge in [-0.15, -0.1) is 0 Å². The van der Waals surface area contributed by atoms with Crippen LogP contribution in [0.1, 0.15) is 251 Å². The molecule has 1 saturated heterocycles. The topological polar surface area (TPSA) is 175 Å². The van der Waals surface area contributed by atoms with Gasteiger partial charge in [0.25, 0.3) is 0 Å². The lowest BCUT2D eigenvalue weighted by atomic mass is 9.99. The van der Waals surface area contributed by atoms with Gasteiger partial charge in [0.1, 0.15) is 24.4 Å². The predicted molar refractivity (Wildman–Crippen MR) is 287 cm³/mol. The van der Waals surface area contributed by atoms with E-state index in [4.69, 9.17) is 14.2 Å². The Balaban J connectivity index is 2.11. The van der Waals surface area contributed by atoms with Gasteiger partial charge in [-0.3, -0.25) is 9.59 Å². The molecule has 0 spiro atoms. The van der Waals surface area contributed by atoms with Crippen LogP contribution in [0.3, 0.4) is 0 Å². The fraction of sp³-hybridized carbons (Fsp3) is 0.831. The molecular formula is C59H107NO10. The molecule has 11 nitrogen and oxygen atoms in total. The number of ether oxygens (including phenoxy) is 3. The second-order valence-corrected chi connectivity index (χ2v) is 20.0. The third-order valence-electron chi connectivity index (χ3n) is 13.4. The summed E-state index contributed by atoms with van der Waals surface area (Å²) in [6.45, 7) is 4.25. The summed E-state index contributed by atoms with van der Waals surface area (Å²) in [5, 5.41) is 54.3. The molecule has 1 amide bonds. The number of esters is 1. The van der Waals surface area contributed by atoms with E-state index in [0.29, 0.717) is 19.4 Å². The molecule has 1 aliphatic rings. The maximum Gasteiger partial charge on any atom is 0.305 e. The normalized spacial score (nSPS) is 19.6. The molecule has 7 atom stereocenters. The Morgan fingerprint density at radius 2 is 0.957 bits per heavy atom. The zero-order chi connectivity index (χ0) is 51.0. The summed E-state index contributed by atoms with van der Waals surface area (Å²) in [4.78, 5) is 25.0. The van der Waals surface area contributed by atoms with Crippen LogP contribution in [-0.4, -0.2) is 100 Å². The minimum absolute atomic E-state index is 0.0390. The molecule has 1 aliphatic heterocycles. The van der Waals surface area contributed by atoms with Crippen LogP contribution in [0, 0.1) is 0 Å². The van der Waals surface area contributed by atoms with Gasteiger partial charge in [0, 0.05) is 12.8 Å². The fourth-order valence-corrected chi connectivity index (χ4v) is 8.77. The van der Waals surface area contributed by atoms with Crippen LogP contribution in [0.2, 0.25) is 0 Å². The monoisotopic (exact) mass is 990 g/mol. The van der Waals surface area contributed by atoms with Crippen LogP contribution in [0.5, 0.6) is 0 Å². The van der Waals surface area contributed by atoms with Crippen LogP contribution >= 0.6 is 0 Å². The number of aliphatic hydroxyl groups excluding tert-OH is 5. The van der Waals surface area contributed by atoms with E-state index in [9.17, 15) is 35.1 Å². The number of nitrogens with one attached hydrogen (secondary N) is 1. The van der Waals surface area contributed by atoms with Gasteiger partial charge in [-0.1, -0.05) is 197 Å². The van der Waals surface area contributed by atoms with E-state index in [-0.39, 0.29) is 18.5 Å². The molecule has 408 valence electrons. The van der Waals surface area contributed by atoms with Gasteiger partial charge in [0.15, 0.2) is 6.29 Å². The second-order valence-electron chi connectivity index (χ2n) is 20.0. The molecule has 7 unspecified atom stereocenters. The first-order chi connectivity index (χ1) is 34.2. The predicted octanol–water partition coefficient (Wildman–Crippen LogP) is 12.9. The molecule has 70 heavy (non-hydrogen) atoms. The maximum absolute atomic E-state index is 13.0. The fourth-order valence-electron chi connectivity index (χ4n) is 8.77. The van der Waals surface area contributed by atoms with E-state index < -0.39 is 49.5 Å². The molecule has 0 aromatic carbocycles. The van der Waals surface area contributed by atoms with E-state index in [1.165, 1.54) is 135 Å². The van der Waals surface area contributed by atoms with Crippen molar-refractivity contribution in [1.82, 2.24) is 5.32 Å². The molecule has 0 bridgehead atoms. The average molecular weight is 991 g/mol. The number of aliphatic hydroxyl groups is 5. The first-order valence-corrected chi connectivity index (χ1v) is 28.9. The summed E-state index contributed by atoms with van der Waals surface area (Å²) in [6, 6.07) is -0.818. The number of amides is 1. The molecule has 0 aromatic rings. The number of unbranched alkanes of at least 4 members (excludes halogenated alkanes) is 30. The van der Waals surface area contributed by atoms with E-state index in [1.807, 2.05) is 6.08 Å². The van der Waals surface area contributed by atoms with Gasteiger partial charge in [0.2, 0.25) is 5.91 Å². The highest BCUT2D eigenvalue weighted by Gasteiger charge is 2.44. The third kappa shape index (κ3) is 38.3. The molecule has 0 aromatic heterocycles. The van der Waals surface area contributed by atoms with Gasteiger partial charge < -0.3 is 45.1 Å². The summed E-state index contributed by atoms with van der Waals surface area (Å²) in [5.74, 6) is -0.232. The van der Waals surface area contributed by atoms with Crippen molar-refractivity contribution in [2.24, 2.45) is 0 Å². The van der Waals surface area contributed by atoms with Gasteiger partial charge in [-0.25, -0.2) is 0 Å². The Hall–Kier alpha value is -2.38. The quantitative estimate of drug-likeness (QED) is 0.0149. The number of carbonyl (C=O) groups excluding carboxylic acids is 2. The molecule has 0 saturated carbocycles. The molecular weight excluding hydrogens is 883 g/mol. The zero-order valence-corrected chi connectivity index (χ0v) is 44.7. The van der Waals surface area contributed by atoms with Crippen molar-refractivity contribution < 1.29 is 49.3 Å². The van der Waals surface area contributed by atoms with E-state index in [0.717, 1.165) is 89.9 Å². The number of allylic oxidation sites excluding steroid dienone is 7. The first kappa shape index (κ1) is 65.6. The van der Waals surface area contributed by atoms with Crippen LogP contribution in [-0.2, 0) is 23.8 Å². The number of hydrogen-bond donors (Lipinski definition) is 6. The van der Waals surface area contributed by atoms with Gasteiger partial charge in [-0.2, -0.15) is 0 Å². The Morgan fingerprint density at radius 3 is 1.49 bits per heavy atom. The van der Waals surface area contributed by atoms with Crippen LogP contribution < -0.4 is 5.32 Å². The SMILES string of the molecule is CCCCC/C=C\CCCCCCCC(=O)OCCCCC/C=C\C=C/CCCCCCCCCCCCC(=O)NC(COC1OC(CO)C(O)C(O)C1O)C(O)/C=C/CCCCCCCCCCC. The van der Waals surface area contributed by atoms with Crippen molar-refractivity contribution in [1.29, 1.82) is 0 Å². The molecule has 0 aliphatic carbocycles. The van der Waals surface area contributed by atoms with Crippen molar-refractivity contribution >= 4 is 11.9 Å². The van der Waals surface area contributed by atoms with Crippen LogP contribution in [0.15, 0.2) is 48.6 Å². The molecule has 11 heteroatoms. The van der Waals surface area contributed by atoms with Crippen LogP contribution in [0.25, 0.3) is 0 Å².